The van der Waals surface area contributed by atoms with E-state index in [0.717, 1.165) is 22.4 Å². The standard InChI is InChI=1S/C22H22N6O2/c1-3-16-6-10-18(11-7-16)24-20(29)14-28-22(30)27-13-12-19(25-21(27)26-28)23-17-8-4-15(2)5-9-17/h4-13H,3,14H2,1-2H3,(H,24,29)(H,23,25,26). The minimum atomic E-state index is -0.420. The van der Waals surface area contributed by atoms with Crippen LogP contribution in [-0.2, 0) is 17.8 Å². The van der Waals surface area contributed by atoms with E-state index in [1.54, 1.807) is 12.3 Å². The summed E-state index contributed by atoms with van der Waals surface area (Å²) >= 11 is 0. The highest BCUT2D eigenvalue weighted by molar-refractivity contribution is 5.90. The van der Waals surface area contributed by atoms with Gasteiger partial charge in [-0.2, -0.15) is 4.98 Å². The molecule has 2 aromatic carbocycles. The van der Waals surface area contributed by atoms with E-state index in [4.69, 9.17) is 0 Å². The number of anilines is 3. The van der Waals surface area contributed by atoms with Crippen LogP contribution in [0.5, 0.6) is 0 Å². The van der Waals surface area contributed by atoms with E-state index in [9.17, 15) is 9.59 Å². The third-order valence-corrected chi connectivity index (χ3v) is 4.72. The zero-order valence-electron chi connectivity index (χ0n) is 16.8. The van der Waals surface area contributed by atoms with Crippen molar-refractivity contribution in [3.05, 3.63) is 82.4 Å². The summed E-state index contributed by atoms with van der Waals surface area (Å²) in [6.45, 7) is 3.89. The number of aromatic nitrogens is 4. The summed E-state index contributed by atoms with van der Waals surface area (Å²) in [7, 11) is 0. The normalized spacial score (nSPS) is 10.9. The molecule has 0 aliphatic rings. The van der Waals surface area contributed by atoms with Crippen LogP contribution >= 0.6 is 0 Å². The molecule has 152 valence electrons. The molecule has 0 aliphatic heterocycles. The number of amides is 1. The number of aryl methyl sites for hydroxylation is 2. The number of hydrogen-bond acceptors (Lipinski definition) is 5. The lowest BCUT2D eigenvalue weighted by Gasteiger charge is -2.05. The maximum Gasteiger partial charge on any atom is 0.352 e. The molecule has 1 amide bonds. The Morgan fingerprint density at radius 1 is 1.00 bits per heavy atom. The van der Waals surface area contributed by atoms with Crippen LogP contribution in [0.1, 0.15) is 18.1 Å². The molecule has 4 rings (SSSR count). The Morgan fingerprint density at radius 3 is 2.40 bits per heavy atom. The van der Waals surface area contributed by atoms with Gasteiger partial charge in [-0.3, -0.25) is 4.79 Å². The first-order valence-electron chi connectivity index (χ1n) is 9.70. The van der Waals surface area contributed by atoms with Crippen molar-refractivity contribution < 1.29 is 4.79 Å². The molecule has 0 saturated heterocycles. The van der Waals surface area contributed by atoms with Gasteiger partial charge in [0, 0.05) is 17.6 Å². The average molecular weight is 402 g/mol. The van der Waals surface area contributed by atoms with E-state index in [1.807, 2.05) is 55.5 Å². The topological polar surface area (TPSA) is 93.3 Å². The van der Waals surface area contributed by atoms with Gasteiger partial charge in [0.2, 0.25) is 5.91 Å². The largest absolute Gasteiger partial charge is 0.352 e. The van der Waals surface area contributed by atoms with Gasteiger partial charge < -0.3 is 10.6 Å². The molecule has 4 aromatic rings. The molecule has 0 atom stereocenters. The number of hydrogen-bond donors (Lipinski definition) is 2. The molecule has 0 aliphatic carbocycles. The Hall–Kier alpha value is -3.94. The van der Waals surface area contributed by atoms with Gasteiger partial charge in [-0.15, -0.1) is 5.10 Å². The summed E-state index contributed by atoms with van der Waals surface area (Å²) in [6.07, 6.45) is 2.52. The molecular formula is C22H22N6O2. The summed E-state index contributed by atoms with van der Waals surface area (Å²) < 4.78 is 2.41. The smallest absolute Gasteiger partial charge is 0.340 e. The van der Waals surface area contributed by atoms with E-state index in [2.05, 4.69) is 27.6 Å². The van der Waals surface area contributed by atoms with E-state index < -0.39 is 5.69 Å². The molecule has 0 spiro atoms. The van der Waals surface area contributed by atoms with E-state index in [1.165, 1.54) is 9.96 Å². The van der Waals surface area contributed by atoms with Gasteiger partial charge >= 0.3 is 5.69 Å². The van der Waals surface area contributed by atoms with Crippen molar-refractivity contribution in [3.8, 4) is 0 Å². The quantitative estimate of drug-likeness (QED) is 0.517. The van der Waals surface area contributed by atoms with Crippen LogP contribution < -0.4 is 16.3 Å². The second-order valence-electron chi connectivity index (χ2n) is 7.01. The van der Waals surface area contributed by atoms with E-state index in [0.29, 0.717) is 11.5 Å². The summed E-state index contributed by atoms with van der Waals surface area (Å²) in [5, 5.41) is 10.2. The number of nitrogens with one attached hydrogen (secondary N) is 2. The molecule has 8 nitrogen and oxygen atoms in total. The Balaban J connectivity index is 1.49. The maximum atomic E-state index is 12.5. The highest BCUT2D eigenvalue weighted by Gasteiger charge is 2.12. The lowest BCUT2D eigenvalue weighted by atomic mass is 10.1. The van der Waals surface area contributed by atoms with Crippen LogP contribution in [0.3, 0.4) is 0 Å². The molecule has 0 saturated carbocycles. The number of rotatable bonds is 6. The fraction of sp³-hybridized carbons (Fsp3) is 0.182. The Morgan fingerprint density at radius 2 is 1.70 bits per heavy atom. The van der Waals surface area contributed by atoms with Crippen molar-refractivity contribution >= 4 is 28.9 Å². The predicted molar refractivity (Wildman–Crippen MR) is 116 cm³/mol. The van der Waals surface area contributed by atoms with E-state index in [-0.39, 0.29) is 18.2 Å². The summed E-state index contributed by atoms with van der Waals surface area (Å²) in [5.41, 5.74) is 3.49. The molecule has 30 heavy (non-hydrogen) atoms. The lowest BCUT2D eigenvalue weighted by Crippen LogP contribution is -2.28. The van der Waals surface area contributed by atoms with Crippen LogP contribution in [0.15, 0.2) is 65.6 Å². The van der Waals surface area contributed by atoms with Crippen molar-refractivity contribution in [2.45, 2.75) is 26.8 Å². The molecule has 0 fully saturated rings. The lowest BCUT2D eigenvalue weighted by molar-refractivity contribution is -0.117. The molecular weight excluding hydrogens is 380 g/mol. The molecule has 2 heterocycles. The molecule has 2 aromatic heterocycles. The van der Waals surface area contributed by atoms with E-state index >= 15 is 0 Å². The monoisotopic (exact) mass is 402 g/mol. The Labute approximate surface area is 173 Å². The van der Waals surface area contributed by atoms with Crippen LogP contribution in [0, 0.1) is 6.92 Å². The van der Waals surface area contributed by atoms with Gasteiger partial charge in [-0.05, 0) is 49.2 Å². The Kier molecular flexibility index (Phi) is 5.30. The second-order valence-corrected chi connectivity index (χ2v) is 7.01. The molecule has 0 unspecified atom stereocenters. The third-order valence-electron chi connectivity index (χ3n) is 4.72. The highest BCUT2D eigenvalue weighted by Crippen LogP contribution is 2.15. The summed E-state index contributed by atoms with van der Waals surface area (Å²) in [5.74, 6) is 0.448. The van der Waals surface area contributed by atoms with Crippen LogP contribution in [-0.4, -0.2) is 25.1 Å². The third kappa shape index (κ3) is 4.22. The zero-order chi connectivity index (χ0) is 21.1. The fourth-order valence-electron chi connectivity index (χ4n) is 3.02. The van der Waals surface area contributed by atoms with Gasteiger partial charge in [0.1, 0.15) is 12.4 Å². The minimum Gasteiger partial charge on any atom is -0.340 e. The summed E-state index contributed by atoms with van der Waals surface area (Å²) in [4.78, 5) is 29.3. The van der Waals surface area contributed by atoms with Crippen molar-refractivity contribution in [2.75, 3.05) is 10.6 Å². The maximum absolute atomic E-state index is 12.5. The Bertz CT molecular complexity index is 1240. The fourth-order valence-corrected chi connectivity index (χ4v) is 3.02. The molecule has 0 bridgehead atoms. The average Bonchev–Trinajstić information content (AvgIpc) is 3.05. The second kappa shape index (κ2) is 8.20. The predicted octanol–water partition coefficient (Wildman–Crippen LogP) is 3.14. The van der Waals surface area contributed by atoms with Crippen LogP contribution in [0.25, 0.3) is 5.78 Å². The van der Waals surface area contributed by atoms with Crippen molar-refractivity contribution in [2.24, 2.45) is 0 Å². The summed E-state index contributed by atoms with van der Waals surface area (Å²) in [6, 6.07) is 17.2. The van der Waals surface area contributed by atoms with Gasteiger partial charge in [-0.1, -0.05) is 36.8 Å². The number of fused-ring (bicyclic) bond motifs is 1. The number of nitrogens with zero attached hydrogens (tertiary/aromatic N) is 4. The number of carbonyl (C=O) groups excluding carboxylic acids is 1. The number of carbonyl (C=O) groups is 1. The van der Waals surface area contributed by atoms with Gasteiger partial charge in [-0.25, -0.2) is 13.9 Å². The van der Waals surface area contributed by atoms with Crippen LogP contribution in [0.4, 0.5) is 17.2 Å². The zero-order valence-corrected chi connectivity index (χ0v) is 16.8. The molecule has 2 N–H and O–H groups in total. The van der Waals surface area contributed by atoms with Crippen LogP contribution in [0.2, 0.25) is 0 Å². The first kappa shape index (κ1) is 19.4. The van der Waals surface area contributed by atoms with Crippen molar-refractivity contribution in [3.63, 3.8) is 0 Å². The van der Waals surface area contributed by atoms with Gasteiger partial charge in [0.15, 0.2) is 0 Å². The van der Waals surface area contributed by atoms with Crippen molar-refractivity contribution in [1.29, 1.82) is 0 Å². The van der Waals surface area contributed by atoms with Crippen molar-refractivity contribution in [1.82, 2.24) is 19.2 Å². The highest BCUT2D eigenvalue weighted by atomic mass is 16.2. The van der Waals surface area contributed by atoms with Gasteiger partial charge in [0.05, 0.1) is 0 Å². The van der Waals surface area contributed by atoms with Gasteiger partial charge in [0.25, 0.3) is 5.78 Å². The molecule has 8 heteroatoms. The molecule has 0 radical (unpaired) electrons. The first-order chi connectivity index (χ1) is 14.5. The minimum absolute atomic E-state index is 0.196. The first-order valence-corrected chi connectivity index (χ1v) is 9.70. The SMILES string of the molecule is CCc1ccc(NC(=O)Cn2nc3nc(Nc4ccc(C)cc4)ccn3c2=O)cc1. The number of benzene rings is 2.